The lowest BCUT2D eigenvalue weighted by molar-refractivity contribution is -0.258. The summed E-state index contributed by atoms with van der Waals surface area (Å²) in [4.78, 5) is 0.405. The molecule has 0 atom stereocenters. The van der Waals surface area contributed by atoms with Crippen LogP contribution in [-0.2, 0) is 0 Å². The second-order valence-electron chi connectivity index (χ2n) is 8.81. The van der Waals surface area contributed by atoms with Crippen LogP contribution in [0.4, 0.5) is 26.3 Å². The summed E-state index contributed by atoms with van der Waals surface area (Å²) in [5.41, 5.74) is -6.24. The zero-order chi connectivity index (χ0) is 30.3. The van der Waals surface area contributed by atoms with E-state index in [1.165, 1.54) is 40.4 Å². The molecule has 0 aliphatic heterocycles. The summed E-state index contributed by atoms with van der Waals surface area (Å²) in [7, 11) is 3.59. The summed E-state index contributed by atoms with van der Waals surface area (Å²) in [6, 6.07) is 14.3. The van der Waals surface area contributed by atoms with Gasteiger partial charge in [0.15, 0.2) is 11.5 Å². The largest absolute Gasteiger partial charge is 0.493 e. The van der Waals surface area contributed by atoms with Gasteiger partial charge in [-0.25, -0.2) is 0 Å². The number of alkyl halides is 6. The van der Waals surface area contributed by atoms with E-state index in [0.717, 1.165) is 29.5 Å². The minimum absolute atomic E-state index is 0.0298. The highest BCUT2D eigenvalue weighted by atomic mass is 32.1. The van der Waals surface area contributed by atoms with Gasteiger partial charge in [-0.2, -0.15) is 36.9 Å². The number of rotatable bonds is 7. The molecule has 0 amide bonds. The second kappa shape index (κ2) is 10.5. The predicted molar refractivity (Wildman–Crippen MR) is 140 cm³/mol. The third kappa shape index (κ3) is 4.39. The molecule has 0 spiro atoms. The number of allylic oxidation sites excluding steroid dienone is 4. The summed E-state index contributed by atoms with van der Waals surface area (Å²) in [6.07, 6.45) is 0. The molecule has 1 heterocycles. The molecule has 0 radical (unpaired) electrons. The van der Waals surface area contributed by atoms with Crippen LogP contribution in [0.5, 0.6) is 17.2 Å². The van der Waals surface area contributed by atoms with Crippen LogP contribution in [0.25, 0.3) is 21.6 Å². The van der Waals surface area contributed by atoms with Gasteiger partial charge in [0.05, 0.1) is 21.3 Å². The van der Waals surface area contributed by atoms with Crippen LogP contribution in [0.1, 0.15) is 16.0 Å². The Morgan fingerprint density at radius 2 is 1.37 bits per heavy atom. The minimum Gasteiger partial charge on any atom is -0.493 e. The standard InChI is InChI=1S/C29H20F6N2O3S/c1-15-19(12-22(41-15)16-8-6-5-7-9-16)24-25(28(32,33)29(34,35)27(24,30)31)23(18(13-36)14-37)17-10-20(38-2)26(40-4)21(11-17)39-3/h5-12H,1-4H3. The SMILES string of the molecule is COc1cc(C(=C(C#N)C#N)C2=C(c3cc(-c4ccccc4)sc3C)C(F)(F)C(F)(F)C2(F)F)cc(OC)c1OC. The number of benzene rings is 2. The van der Waals surface area contributed by atoms with Crippen molar-refractivity contribution in [2.45, 2.75) is 24.7 Å². The Balaban J connectivity index is 2.19. The fraction of sp³-hybridized carbons (Fsp3) is 0.241. The smallest absolute Gasteiger partial charge is 0.380 e. The lowest BCUT2D eigenvalue weighted by Crippen LogP contribution is -2.49. The lowest BCUT2D eigenvalue weighted by atomic mass is 9.87. The van der Waals surface area contributed by atoms with Gasteiger partial charge in [-0.1, -0.05) is 30.3 Å². The van der Waals surface area contributed by atoms with Crippen molar-refractivity contribution in [2.75, 3.05) is 21.3 Å². The van der Waals surface area contributed by atoms with Crippen LogP contribution >= 0.6 is 11.3 Å². The normalized spacial score (nSPS) is 16.5. The summed E-state index contributed by atoms with van der Waals surface area (Å²) in [5.74, 6) is -17.2. The summed E-state index contributed by atoms with van der Waals surface area (Å²) in [6.45, 7) is 1.33. The molecule has 0 unspecified atom stereocenters. The van der Waals surface area contributed by atoms with Crippen LogP contribution in [-0.4, -0.2) is 39.1 Å². The topological polar surface area (TPSA) is 75.3 Å². The Kier molecular flexibility index (Phi) is 7.59. The molecule has 1 aliphatic carbocycles. The molecule has 0 saturated heterocycles. The zero-order valence-corrected chi connectivity index (χ0v) is 22.7. The number of thiophene rings is 1. The van der Waals surface area contributed by atoms with Crippen molar-refractivity contribution < 1.29 is 40.6 Å². The molecule has 0 bridgehead atoms. The van der Waals surface area contributed by atoms with Crippen molar-refractivity contribution in [1.82, 2.24) is 0 Å². The number of ether oxygens (including phenoxy) is 3. The molecule has 0 saturated carbocycles. The highest BCUT2D eigenvalue weighted by molar-refractivity contribution is 7.15. The Morgan fingerprint density at radius 3 is 1.85 bits per heavy atom. The molecule has 4 rings (SSSR count). The molecule has 212 valence electrons. The van der Waals surface area contributed by atoms with E-state index in [9.17, 15) is 10.5 Å². The number of nitriles is 2. The molecule has 2 aromatic carbocycles. The average molecular weight is 591 g/mol. The maximum absolute atomic E-state index is 15.7. The summed E-state index contributed by atoms with van der Waals surface area (Å²) < 4.78 is 109. The van der Waals surface area contributed by atoms with E-state index in [-0.39, 0.29) is 22.1 Å². The highest BCUT2D eigenvalue weighted by Crippen LogP contribution is 2.65. The molecule has 41 heavy (non-hydrogen) atoms. The molecule has 3 aromatic rings. The van der Waals surface area contributed by atoms with Crippen LogP contribution in [0, 0.1) is 29.6 Å². The van der Waals surface area contributed by atoms with Gasteiger partial charge < -0.3 is 14.2 Å². The minimum atomic E-state index is -5.91. The van der Waals surface area contributed by atoms with Gasteiger partial charge in [0.1, 0.15) is 17.7 Å². The molecule has 1 aliphatic rings. The number of halogens is 6. The number of hydrogen-bond acceptors (Lipinski definition) is 6. The molecule has 1 aromatic heterocycles. The van der Waals surface area contributed by atoms with Crippen LogP contribution in [0.3, 0.4) is 0 Å². The van der Waals surface area contributed by atoms with E-state index in [4.69, 9.17) is 14.2 Å². The third-order valence-electron chi connectivity index (χ3n) is 6.59. The first-order valence-electron chi connectivity index (χ1n) is 11.7. The summed E-state index contributed by atoms with van der Waals surface area (Å²) in [5, 5.41) is 19.4. The van der Waals surface area contributed by atoms with Crippen LogP contribution in [0.2, 0.25) is 0 Å². The van der Waals surface area contributed by atoms with E-state index >= 15 is 26.3 Å². The van der Waals surface area contributed by atoms with E-state index in [1.54, 1.807) is 30.3 Å². The van der Waals surface area contributed by atoms with Crippen LogP contribution < -0.4 is 14.2 Å². The van der Waals surface area contributed by atoms with E-state index in [2.05, 4.69) is 0 Å². The van der Waals surface area contributed by atoms with Crippen molar-refractivity contribution in [3.63, 3.8) is 0 Å². The Labute approximate surface area is 235 Å². The van der Waals surface area contributed by atoms with Gasteiger partial charge in [0.25, 0.3) is 0 Å². The third-order valence-corrected chi connectivity index (χ3v) is 7.69. The fourth-order valence-corrected chi connectivity index (χ4v) is 5.69. The average Bonchev–Trinajstić information content (AvgIpc) is 3.38. The van der Waals surface area contributed by atoms with E-state index in [0.29, 0.717) is 10.4 Å². The molecular formula is C29H20F6N2O3S. The predicted octanol–water partition coefficient (Wildman–Crippen LogP) is 7.92. The van der Waals surface area contributed by atoms with Gasteiger partial charge in [-0.3, -0.25) is 0 Å². The van der Waals surface area contributed by atoms with Crippen molar-refractivity contribution in [3.05, 3.63) is 75.7 Å². The van der Waals surface area contributed by atoms with Gasteiger partial charge in [-0.15, -0.1) is 11.3 Å². The van der Waals surface area contributed by atoms with Crippen molar-refractivity contribution in [3.8, 4) is 39.8 Å². The molecule has 0 N–H and O–H groups in total. The first kappa shape index (κ1) is 29.6. The van der Waals surface area contributed by atoms with E-state index < -0.39 is 51.2 Å². The van der Waals surface area contributed by atoms with Gasteiger partial charge in [-0.05, 0) is 41.8 Å². The van der Waals surface area contributed by atoms with Crippen LogP contribution in [0.15, 0.2) is 59.7 Å². The number of aryl methyl sites for hydroxylation is 1. The molecule has 12 heteroatoms. The number of nitrogens with zero attached hydrogens (tertiary/aromatic N) is 2. The monoisotopic (exact) mass is 590 g/mol. The number of methoxy groups -OCH3 is 3. The quantitative estimate of drug-likeness (QED) is 0.206. The first-order valence-corrected chi connectivity index (χ1v) is 12.5. The first-order chi connectivity index (χ1) is 19.3. The van der Waals surface area contributed by atoms with E-state index in [1.807, 2.05) is 0 Å². The zero-order valence-electron chi connectivity index (χ0n) is 21.9. The Bertz CT molecular complexity index is 1620. The lowest BCUT2D eigenvalue weighted by Gasteiger charge is -2.26. The maximum atomic E-state index is 15.7. The van der Waals surface area contributed by atoms with Crippen molar-refractivity contribution >= 4 is 22.5 Å². The van der Waals surface area contributed by atoms with Crippen molar-refractivity contribution in [1.29, 1.82) is 10.5 Å². The number of hydrogen-bond donors (Lipinski definition) is 0. The summed E-state index contributed by atoms with van der Waals surface area (Å²) >= 11 is 0.942. The van der Waals surface area contributed by atoms with Crippen molar-refractivity contribution in [2.24, 2.45) is 0 Å². The Hall–Kier alpha value is -4.42. The second-order valence-corrected chi connectivity index (χ2v) is 10.1. The highest BCUT2D eigenvalue weighted by Gasteiger charge is 2.80. The molecular weight excluding hydrogens is 570 g/mol. The Morgan fingerprint density at radius 1 is 0.805 bits per heavy atom. The molecule has 0 fully saturated rings. The molecule has 5 nitrogen and oxygen atoms in total. The van der Waals surface area contributed by atoms with Gasteiger partial charge in [0.2, 0.25) is 5.75 Å². The maximum Gasteiger partial charge on any atom is 0.380 e. The van der Waals surface area contributed by atoms with Gasteiger partial charge in [0, 0.05) is 26.5 Å². The van der Waals surface area contributed by atoms with Gasteiger partial charge >= 0.3 is 17.8 Å². The fourth-order valence-electron chi connectivity index (χ4n) is 4.66.